The van der Waals surface area contributed by atoms with Crippen LogP contribution >= 0.6 is 0 Å². The third-order valence-electron chi connectivity index (χ3n) is 4.13. The van der Waals surface area contributed by atoms with Gasteiger partial charge in [0.1, 0.15) is 11.5 Å². The third kappa shape index (κ3) is 2.51. The van der Waals surface area contributed by atoms with Crippen LogP contribution in [0.25, 0.3) is 0 Å². The number of hydrogen-bond donors (Lipinski definition) is 0. The molecular formula is C18H19O2. The first-order chi connectivity index (χ1) is 9.80. The van der Waals surface area contributed by atoms with Crippen molar-refractivity contribution < 1.29 is 9.47 Å². The lowest BCUT2D eigenvalue weighted by atomic mass is 9.80. The van der Waals surface area contributed by atoms with E-state index in [4.69, 9.17) is 9.47 Å². The first-order valence-electron chi connectivity index (χ1n) is 7.01. The van der Waals surface area contributed by atoms with Crippen molar-refractivity contribution in [2.45, 2.75) is 25.2 Å². The largest absolute Gasteiger partial charge is 0.497 e. The molecule has 2 aromatic rings. The van der Waals surface area contributed by atoms with Gasteiger partial charge in [-0.2, -0.15) is 0 Å². The number of aryl methyl sites for hydroxylation is 1. The molecule has 1 aliphatic rings. The van der Waals surface area contributed by atoms with E-state index in [1.165, 1.54) is 23.1 Å². The summed E-state index contributed by atoms with van der Waals surface area (Å²) >= 11 is 0. The summed E-state index contributed by atoms with van der Waals surface area (Å²) in [6, 6.07) is 15.9. The van der Waals surface area contributed by atoms with Gasteiger partial charge in [-0.3, -0.25) is 0 Å². The lowest BCUT2D eigenvalue weighted by Gasteiger charge is -2.25. The van der Waals surface area contributed by atoms with Gasteiger partial charge < -0.3 is 9.47 Å². The van der Waals surface area contributed by atoms with E-state index in [-0.39, 0.29) is 0 Å². The fraction of sp³-hybridized carbons (Fsp3) is 0.333. The summed E-state index contributed by atoms with van der Waals surface area (Å²) in [6.07, 6.45) is 3.36. The molecule has 20 heavy (non-hydrogen) atoms. The third-order valence-corrected chi connectivity index (χ3v) is 4.13. The minimum absolute atomic E-state index is 0.557. The summed E-state index contributed by atoms with van der Waals surface area (Å²) < 4.78 is 10.5. The Morgan fingerprint density at radius 2 is 1.80 bits per heavy atom. The Bertz CT molecular complexity index is 587. The molecule has 0 saturated carbocycles. The Balaban J connectivity index is 1.80. The maximum Gasteiger partial charge on any atom is 0.119 e. The predicted octanol–water partition coefficient (Wildman–Crippen LogP) is 3.78. The van der Waals surface area contributed by atoms with E-state index in [9.17, 15) is 0 Å². The number of methoxy groups -OCH3 is 2. The van der Waals surface area contributed by atoms with Gasteiger partial charge in [-0.1, -0.05) is 12.1 Å². The summed E-state index contributed by atoms with van der Waals surface area (Å²) in [5, 5.41) is 0. The van der Waals surface area contributed by atoms with Crippen molar-refractivity contribution >= 4 is 0 Å². The van der Waals surface area contributed by atoms with E-state index >= 15 is 0 Å². The van der Waals surface area contributed by atoms with Crippen molar-refractivity contribution in [3.8, 4) is 11.5 Å². The lowest BCUT2D eigenvalue weighted by Crippen LogP contribution is -2.13. The monoisotopic (exact) mass is 267 g/mol. The Morgan fingerprint density at radius 1 is 1.00 bits per heavy atom. The number of fused-ring (bicyclic) bond motifs is 1. The second kappa shape index (κ2) is 5.58. The van der Waals surface area contributed by atoms with Gasteiger partial charge in [0.25, 0.3) is 0 Å². The Hall–Kier alpha value is -1.96. The molecule has 1 radical (unpaired) electrons. The Labute approximate surface area is 120 Å². The first kappa shape index (κ1) is 13.0. The molecule has 0 aromatic heterocycles. The second-order valence-corrected chi connectivity index (χ2v) is 5.26. The van der Waals surface area contributed by atoms with Crippen LogP contribution < -0.4 is 9.47 Å². The minimum Gasteiger partial charge on any atom is -0.497 e. The SMILES string of the molecule is COc1c[c]c(C2CCc3cc(OC)ccc3C2)cc1. The van der Waals surface area contributed by atoms with Gasteiger partial charge in [-0.15, -0.1) is 0 Å². The fourth-order valence-corrected chi connectivity index (χ4v) is 2.93. The molecule has 2 nitrogen and oxygen atoms in total. The standard InChI is InChI=1S/C18H19O2/c1-19-17-8-5-13(6-9-17)14-3-4-16-12-18(20-2)10-7-15(16)11-14/h5,7-10,12,14H,3-4,11H2,1-2H3. The van der Waals surface area contributed by atoms with Crippen LogP contribution in [0.1, 0.15) is 29.0 Å². The first-order valence-corrected chi connectivity index (χ1v) is 7.01. The van der Waals surface area contributed by atoms with E-state index in [0.717, 1.165) is 24.3 Å². The molecular weight excluding hydrogens is 248 g/mol. The summed E-state index contributed by atoms with van der Waals surface area (Å²) in [5.74, 6) is 2.38. The molecule has 2 heteroatoms. The molecule has 1 unspecified atom stereocenters. The van der Waals surface area contributed by atoms with E-state index in [2.05, 4.69) is 30.3 Å². The van der Waals surface area contributed by atoms with Gasteiger partial charge in [-0.25, -0.2) is 0 Å². The molecule has 0 heterocycles. The molecule has 0 aliphatic heterocycles. The van der Waals surface area contributed by atoms with E-state index in [1.54, 1.807) is 14.2 Å². The lowest BCUT2D eigenvalue weighted by molar-refractivity contribution is 0.412. The highest BCUT2D eigenvalue weighted by molar-refractivity contribution is 5.40. The fourth-order valence-electron chi connectivity index (χ4n) is 2.93. The smallest absolute Gasteiger partial charge is 0.119 e. The number of hydrogen-bond acceptors (Lipinski definition) is 2. The molecule has 1 aliphatic carbocycles. The molecule has 0 fully saturated rings. The topological polar surface area (TPSA) is 18.5 Å². The van der Waals surface area contributed by atoms with Gasteiger partial charge >= 0.3 is 0 Å². The molecule has 0 amide bonds. The Morgan fingerprint density at radius 3 is 2.50 bits per heavy atom. The quantitative estimate of drug-likeness (QED) is 0.842. The van der Waals surface area contributed by atoms with Crippen molar-refractivity contribution in [1.82, 2.24) is 0 Å². The average Bonchev–Trinajstić information content (AvgIpc) is 2.54. The van der Waals surface area contributed by atoms with Gasteiger partial charge in [0, 0.05) is 0 Å². The average molecular weight is 267 g/mol. The highest BCUT2D eigenvalue weighted by atomic mass is 16.5. The summed E-state index contributed by atoms with van der Waals surface area (Å²) in [7, 11) is 3.41. The van der Waals surface area contributed by atoms with Crippen LogP contribution in [-0.2, 0) is 12.8 Å². The van der Waals surface area contributed by atoms with Crippen molar-refractivity contribution in [2.24, 2.45) is 0 Å². The molecule has 0 saturated heterocycles. The molecule has 0 bridgehead atoms. The van der Waals surface area contributed by atoms with Crippen molar-refractivity contribution in [3.05, 3.63) is 59.2 Å². The van der Waals surface area contributed by atoms with Crippen LogP contribution in [0.15, 0.2) is 36.4 Å². The highest BCUT2D eigenvalue weighted by Gasteiger charge is 2.20. The normalized spacial score (nSPS) is 17.4. The second-order valence-electron chi connectivity index (χ2n) is 5.26. The molecule has 3 rings (SSSR count). The van der Waals surface area contributed by atoms with Gasteiger partial charge in [0.05, 0.1) is 14.2 Å². The summed E-state index contributed by atoms with van der Waals surface area (Å²) in [5.41, 5.74) is 4.15. The zero-order valence-electron chi connectivity index (χ0n) is 12.0. The zero-order chi connectivity index (χ0) is 13.9. The van der Waals surface area contributed by atoms with Crippen molar-refractivity contribution in [2.75, 3.05) is 14.2 Å². The molecule has 103 valence electrons. The van der Waals surface area contributed by atoms with Gasteiger partial charge in [0.15, 0.2) is 0 Å². The van der Waals surface area contributed by atoms with Crippen molar-refractivity contribution in [3.63, 3.8) is 0 Å². The molecule has 1 atom stereocenters. The molecule has 0 N–H and O–H groups in total. The van der Waals surface area contributed by atoms with E-state index in [0.29, 0.717) is 5.92 Å². The highest BCUT2D eigenvalue weighted by Crippen LogP contribution is 2.34. The maximum absolute atomic E-state index is 5.30. The van der Waals surface area contributed by atoms with Gasteiger partial charge in [-0.05, 0) is 72.2 Å². The minimum atomic E-state index is 0.557. The Kier molecular flexibility index (Phi) is 3.64. The van der Waals surface area contributed by atoms with Crippen LogP contribution in [0.5, 0.6) is 11.5 Å². The van der Waals surface area contributed by atoms with Gasteiger partial charge in [0.2, 0.25) is 0 Å². The van der Waals surface area contributed by atoms with Crippen LogP contribution in [0.2, 0.25) is 0 Å². The van der Waals surface area contributed by atoms with E-state index in [1.807, 2.05) is 12.1 Å². The number of rotatable bonds is 3. The number of benzene rings is 2. The predicted molar refractivity (Wildman–Crippen MR) is 79.6 cm³/mol. The van der Waals surface area contributed by atoms with Crippen LogP contribution in [0.4, 0.5) is 0 Å². The van der Waals surface area contributed by atoms with Crippen molar-refractivity contribution in [1.29, 1.82) is 0 Å². The molecule has 2 aromatic carbocycles. The van der Waals surface area contributed by atoms with E-state index < -0.39 is 0 Å². The molecule has 0 spiro atoms. The summed E-state index contributed by atoms with van der Waals surface area (Å²) in [6.45, 7) is 0. The number of ether oxygens (including phenoxy) is 2. The van der Waals surface area contributed by atoms with Crippen LogP contribution in [-0.4, -0.2) is 14.2 Å². The van der Waals surface area contributed by atoms with Crippen LogP contribution in [0, 0.1) is 6.07 Å². The zero-order valence-corrected chi connectivity index (χ0v) is 12.0. The maximum atomic E-state index is 5.30. The van der Waals surface area contributed by atoms with Crippen LogP contribution in [0.3, 0.4) is 0 Å². The summed E-state index contributed by atoms with van der Waals surface area (Å²) in [4.78, 5) is 0.